The van der Waals surface area contributed by atoms with E-state index in [9.17, 15) is 8.78 Å². The molecule has 1 unspecified atom stereocenters. The molecule has 0 N–H and O–H groups in total. The Bertz CT molecular complexity index is 1260. The van der Waals surface area contributed by atoms with Crippen LogP contribution in [0.25, 0.3) is 27.7 Å². The largest absolute Gasteiger partial charge is 3.00 e. The van der Waals surface area contributed by atoms with Gasteiger partial charge in [0.2, 0.25) is 0 Å². The van der Waals surface area contributed by atoms with Crippen LogP contribution < -0.4 is 0 Å². The fourth-order valence-electron chi connectivity index (χ4n) is 4.00. The molecule has 170 valence electrons. The Hall–Kier alpha value is -3.34. The van der Waals surface area contributed by atoms with Gasteiger partial charge in [0.25, 0.3) is 0 Å². The number of fused-ring (bicyclic) bond motifs is 3. The third kappa shape index (κ3) is 5.24. The summed E-state index contributed by atoms with van der Waals surface area (Å²) in [6, 6.07) is 27.3. The Morgan fingerprint density at radius 1 is 0.971 bits per heavy atom. The summed E-state index contributed by atoms with van der Waals surface area (Å²) in [7, 11) is 0. The van der Waals surface area contributed by atoms with E-state index in [-0.39, 0.29) is 26.3 Å². The Morgan fingerprint density at radius 3 is 2.59 bits per heavy atom. The number of halogens is 2. The molecule has 6 heteroatoms. The zero-order valence-corrected chi connectivity index (χ0v) is 20.5. The first kappa shape index (κ1) is 23.8. The van der Waals surface area contributed by atoms with E-state index in [4.69, 9.17) is 0 Å². The number of aromatic nitrogens is 1. The van der Waals surface area contributed by atoms with Gasteiger partial charge in [0.1, 0.15) is 0 Å². The fourth-order valence-corrected chi connectivity index (χ4v) is 4.00. The number of pyridine rings is 1. The van der Waals surface area contributed by atoms with Gasteiger partial charge in [0.15, 0.2) is 0 Å². The van der Waals surface area contributed by atoms with Gasteiger partial charge in [-0.3, -0.25) is 0 Å². The van der Waals surface area contributed by atoms with Gasteiger partial charge >= 0.3 is 20.1 Å². The van der Waals surface area contributed by atoms with E-state index in [0.29, 0.717) is 11.3 Å². The molecule has 0 bridgehead atoms. The minimum Gasteiger partial charge on any atom is -0.668 e. The van der Waals surface area contributed by atoms with Crippen LogP contribution in [0.15, 0.2) is 91.4 Å². The van der Waals surface area contributed by atoms with Crippen LogP contribution in [0, 0.1) is 23.8 Å². The molecule has 0 radical (unpaired) electrons. The second-order valence-corrected chi connectivity index (χ2v) is 7.78. The first-order chi connectivity index (χ1) is 16.2. The summed E-state index contributed by atoms with van der Waals surface area (Å²) in [5.41, 5.74) is 5.44. The van der Waals surface area contributed by atoms with Crippen molar-refractivity contribution >= 4 is 0 Å². The van der Waals surface area contributed by atoms with E-state index < -0.39 is 11.6 Å². The number of hydrogen-bond acceptors (Lipinski definition) is 2. The van der Waals surface area contributed by atoms with Gasteiger partial charge in [0, 0.05) is 24.4 Å². The van der Waals surface area contributed by atoms with Crippen LogP contribution in [0.3, 0.4) is 0 Å². The van der Waals surface area contributed by atoms with Crippen molar-refractivity contribution in [1.29, 1.82) is 0 Å². The summed E-state index contributed by atoms with van der Waals surface area (Å²) in [6.07, 6.45) is 6.96. The molecule has 34 heavy (non-hydrogen) atoms. The van der Waals surface area contributed by atoms with Crippen LogP contribution in [0.5, 0.6) is 0 Å². The van der Waals surface area contributed by atoms with Crippen molar-refractivity contribution in [2.75, 3.05) is 6.54 Å². The Kier molecular flexibility index (Phi) is 7.51. The van der Waals surface area contributed by atoms with Crippen molar-refractivity contribution in [3.05, 3.63) is 132 Å². The van der Waals surface area contributed by atoms with E-state index >= 15 is 0 Å². The zero-order chi connectivity index (χ0) is 22.6. The molecule has 1 aromatic heterocycles. The average Bonchev–Trinajstić information content (AvgIpc) is 3.34. The fraction of sp³-hybridized carbons (Fsp3) is 0.107. The smallest absolute Gasteiger partial charge is 0.668 e. The number of benzene rings is 3. The quantitative estimate of drug-likeness (QED) is 0.232. The van der Waals surface area contributed by atoms with Crippen LogP contribution in [0.4, 0.5) is 8.78 Å². The third-order valence-corrected chi connectivity index (χ3v) is 5.62. The van der Waals surface area contributed by atoms with E-state index in [2.05, 4.69) is 45.7 Å². The van der Waals surface area contributed by atoms with Gasteiger partial charge in [-0.2, -0.15) is 41.6 Å². The van der Waals surface area contributed by atoms with Crippen molar-refractivity contribution in [3.8, 4) is 22.4 Å². The van der Waals surface area contributed by atoms with Gasteiger partial charge in [-0.25, -0.2) is 8.78 Å². The molecule has 3 aromatic carbocycles. The molecule has 6 rings (SSSR count). The maximum atomic E-state index is 13.2. The second kappa shape index (κ2) is 10.7. The van der Waals surface area contributed by atoms with E-state index in [1.807, 2.05) is 48.7 Å². The Balaban J connectivity index is 0.000000169. The first-order valence-electron chi connectivity index (χ1n) is 10.7. The standard InChI is InChI=1S/C17H10F2N.C11H10N2.Ir/c18-15-8-14(9-16(19)10-15)17-7-6-13(11-20-17)12-4-2-1-3-5-12;1-2-4-10-9(3-1)5-7-13-8-6-12-11(10)13;/h1-8,10-11H;1-3,6,8,11H,5,7H2;/q-1;-2;+3. The van der Waals surface area contributed by atoms with Crippen LogP contribution in [-0.2, 0) is 26.5 Å². The zero-order valence-electron chi connectivity index (χ0n) is 18.1. The SMILES string of the molecule is Fc1[c-]c(-c2ccc(-c3ccccc3)cn2)cc(F)c1.[Ir+3].[c-]1cccc2c1C1[N-]C=CN1CC2. The monoisotopic (exact) mass is 629 g/mol. The molecule has 0 fully saturated rings. The van der Waals surface area contributed by atoms with Crippen LogP contribution in [0.1, 0.15) is 17.3 Å². The first-order valence-corrected chi connectivity index (χ1v) is 10.7. The molecule has 2 aliphatic rings. The van der Waals surface area contributed by atoms with Gasteiger partial charge in [-0.1, -0.05) is 55.0 Å². The van der Waals surface area contributed by atoms with Crippen molar-refractivity contribution in [2.45, 2.75) is 12.6 Å². The topological polar surface area (TPSA) is 30.2 Å². The van der Waals surface area contributed by atoms with Crippen molar-refractivity contribution in [2.24, 2.45) is 0 Å². The number of nitrogens with zero attached hydrogens (tertiary/aromatic N) is 3. The van der Waals surface area contributed by atoms with Crippen LogP contribution >= 0.6 is 0 Å². The Morgan fingerprint density at radius 2 is 1.82 bits per heavy atom. The van der Waals surface area contributed by atoms with E-state index in [1.165, 1.54) is 17.2 Å². The predicted molar refractivity (Wildman–Crippen MR) is 125 cm³/mol. The van der Waals surface area contributed by atoms with Gasteiger partial charge in [0.05, 0.1) is 0 Å². The number of rotatable bonds is 2. The van der Waals surface area contributed by atoms with Crippen LogP contribution in [0.2, 0.25) is 0 Å². The molecule has 0 aliphatic carbocycles. The summed E-state index contributed by atoms with van der Waals surface area (Å²) >= 11 is 0. The summed E-state index contributed by atoms with van der Waals surface area (Å²) in [6.45, 7) is 1.08. The predicted octanol–water partition coefficient (Wildman–Crippen LogP) is 6.69. The molecule has 0 amide bonds. The molecule has 1 atom stereocenters. The van der Waals surface area contributed by atoms with E-state index in [0.717, 1.165) is 30.2 Å². The average molecular weight is 629 g/mol. The van der Waals surface area contributed by atoms with E-state index in [1.54, 1.807) is 12.3 Å². The second-order valence-electron chi connectivity index (χ2n) is 7.78. The Labute approximate surface area is 211 Å². The molecular formula is C28H20F2IrN3. The minimum absolute atomic E-state index is 0. The van der Waals surface area contributed by atoms with Gasteiger partial charge in [-0.05, 0) is 29.2 Å². The summed E-state index contributed by atoms with van der Waals surface area (Å²) in [5, 5.41) is 4.41. The van der Waals surface area contributed by atoms with Gasteiger partial charge in [-0.15, -0.1) is 17.7 Å². The van der Waals surface area contributed by atoms with Crippen LogP contribution in [-0.4, -0.2) is 16.4 Å². The molecule has 2 aliphatic heterocycles. The maximum absolute atomic E-state index is 13.2. The van der Waals surface area contributed by atoms with Crippen molar-refractivity contribution in [1.82, 2.24) is 9.88 Å². The third-order valence-electron chi connectivity index (χ3n) is 5.62. The molecule has 3 heterocycles. The molecule has 0 saturated heterocycles. The van der Waals surface area contributed by atoms with Crippen molar-refractivity contribution in [3.63, 3.8) is 0 Å². The number of hydrogen-bond donors (Lipinski definition) is 0. The molecule has 4 aromatic rings. The maximum Gasteiger partial charge on any atom is 3.00 e. The normalized spacial score (nSPS) is 15.2. The summed E-state index contributed by atoms with van der Waals surface area (Å²) < 4.78 is 26.3. The summed E-state index contributed by atoms with van der Waals surface area (Å²) in [4.78, 5) is 6.51. The molecule has 0 saturated carbocycles. The molecule has 3 nitrogen and oxygen atoms in total. The molecule has 0 spiro atoms. The minimum atomic E-state index is -0.728. The molecular weight excluding hydrogens is 609 g/mol. The van der Waals surface area contributed by atoms with Gasteiger partial charge < -0.3 is 15.2 Å². The summed E-state index contributed by atoms with van der Waals surface area (Å²) in [5.74, 6) is -1.36. The van der Waals surface area contributed by atoms with Crippen molar-refractivity contribution < 1.29 is 28.9 Å².